The van der Waals surface area contributed by atoms with E-state index in [4.69, 9.17) is 10.5 Å². The summed E-state index contributed by atoms with van der Waals surface area (Å²) in [6.07, 6.45) is 5.31. The van der Waals surface area contributed by atoms with Gasteiger partial charge in [0.2, 0.25) is 5.95 Å². The van der Waals surface area contributed by atoms with Crippen molar-refractivity contribution in [3.05, 3.63) is 76.5 Å². The highest BCUT2D eigenvalue weighted by Gasteiger charge is 2.11. The van der Waals surface area contributed by atoms with Gasteiger partial charge in [-0.15, -0.1) is 0 Å². The van der Waals surface area contributed by atoms with Crippen molar-refractivity contribution in [1.29, 1.82) is 10.5 Å². The van der Waals surface area contributed by atoms with Gasteiger partial charge in [0.25, 0.3) is 0 Å². The average molecular weight is 394 g/mol. The summed E-state index contributed by atoms with van der Waals surface area (Å²) < 4.78 is 0. The molecule has 0 aliphatic carbocycles. The molecule has 1 aromatic heterocycles. The van der Waals surface area contributed by atoms with Crippen LogP contribution in [0.25, 0.3) is 6.08 Å². The third kappa shape index (κ3) is 4.67. The zero-order valence-corrected chi connectivity index (χ0v) is 16.5. The van der Waals surface area contributed by atoms with Gasteiger partial charge in [-0.1, -0.05) is 0 Å². The van der Waals surface area contributed by atoms with Crippen molar-refractivity contribution in [1.82, 2.24) is 9.97 Å². The molecule has 3 rings (SSSR count). The van der Waals surface area contributed by atoms with E-state index < -0.39 is 0 Å². The number of carbonyl (C=O) groups is 1. The van der Waals surface area contributed by atoms with Crippen LogP contribution in [0.5, 0.6) is 0 Å². The number of hydrogen-bond donors (Lipinski definition) is 2. The molecule has 0 saturated carbocycles. The van der Waals surface area contributed by atoms with Crippen LogP contribution < -0.4 is 10.6 Å². The zero-order valence-electron chi connectivity index (χ0n) is 16.5. The van der Waals surface area contributed by atoms with Gasteiger partial charge in [0.1, 0.15) is 5.82 Å². The smallest absolute Gasteiger partial charge is 0.229 e. The number of carbonyl (C=O) groups excluding carboxylic acids is 1. The number of benzene rings is 2. The van der Waals surface area contributed by atoms with Gasteiger partial charge in [0.05, 0.1) is 23.3 Å². The van der Waals surface area contributed by atoms with Crippen LogP contribution in [-0.4, -0.2) is 16.3 Å². The summed E-state index contributed by atoms with van der Waals surface area (Å²) in [5, 5.41) is 23.9. The van der Waals surface area contributed by atoms with Gasteiger partial charge in [-0.05, 0) is 73.0 Å². The minimum Gasteiger partial charge on any atom is -0.339 e. The third-order valence-electron chi connectivity index (χ3n) is 4.36. The zero-order chi connectivity index (χ0) is 21.5. The Hall–Kier alpha value is -4.49. The van der Waals surface area contributed by atoms with Crippen molar-refractivity contribution in [2.45, 2.75) is 13.8 Å². The maximum atomic E-state index is 11.5. The molecule has 0 amide bonds. The monoisotopic (exact) mass is 394 g/mol. The van der Waals surface area contributed by atoms with E-state index >= 15 is 0 Å². The Kier molecular flexibility index (Phi) is 6.17. The van der Waals surface area contributed by atoms with Gasteiger partial charge in [-0.25, -0.2) is 4.98 Å². The van der Waals surface area contributed by atoms with Crippen LogP contribution in [0, 0.1) is 36.5 Å². The fraction of sp³-hybridized carbons (Fsp3) is 0.0870. The van der Waals surface area contributed by atoms with E-state index in [1.165, 1.54) is 12.3 Å². The Morgan fingerprint density at radius 2 is 1.73 bits per heavy atom. The van der Waals surface area contributed by atoms with Gasteiger partial charge in [-0.2, -0.15) is 15.5 Å². The van der Waals surface area contributed by atoms with Crippen LogP contribution in [0.4, 0.5) is 23.1 Å². The number of aromatic nitrogens is 2. The molecule has 2 aromatic carbocycles. The first-order valence-electron chi connectivity index (χ1n) is 9.08. The molecule has 3 aromatic rings. The molecule has 2 N–H and O–H groups in total. The van der Waals surface area contributed by atoms with Crippen LogP contribution in [-0.2, 0) is 0 Å². The minimum absolute atomic E-state index is 0.316. The predicted octanol–water partition coefficient (Wildman–Crippen LogP) is 4.80. The number of nitrogens with zero attached hydrogens (tertiary/aromatic N) is 4. The number of aryl methyl sites for hydroxylation is 2. The molecule has 0 aliphatic heterocycles. The second-order valence-corrected chi connectivity index (χ2v) is 6.55. The number of hydrogen-bond acceptors (Lipinski definition) is 7. The van der Waals surface area contributed by atoms with Crippen LogP contribution in [0.3, 0.4) is 0 Å². The normalized spacial score (nSPS) is 10.3. The van der Waals surface area contributed by atoms with E-state index in [0.717, 1.165) is 28.1 Å². The lowest BCUT2D eigenvalue weighted by Gasteiger charge is -2.15. The lowest BCUT2D eigenvalue weighted by molar-refractivity contribution is 0.112. The van der Waals surface area contributed by atoms with Crippen molar-refractivity contribution in [2.24, 2.45) is 0 Å². The average Bonchev–Trinajstić information content (AvgIpc) is 2.75. The van der Waals surface area contributed by atoms with E-state index in [1.807, 2.05) is 32.0 Å². The Morgan fingerprint density at radius 3 is 2.33 bits per heavy atom. The second-order valence-electron chi connectivity index (χ2n) is 6.55. The highest BCUT2D eigenvalue weighted by molar-refractivity contribution is 5.85. The molecule has 0 saturated heterocycles. The molecular weight excluding hydrogens is 376 g/mol. The number of nitriles is 2. The standard InChI is InChI=1S/C23H18N6O/c1-15-10-18(4-3-9-24)11-16(2)21(15)28-22-19(14-30)13-26-23(29-22)27-20-7-5-17(12-25)6-8-20/h3-8,10-11,13-14H,1-2H3,(H2,26,27,28,29)/b4-3+. The molecule has 0 aliphatic rings. The van der Waals surface area contributed by atoms with E-state index in [0.29, 0.717) is 29.2 Å². The van der Waals surface area contributed by atoms with Gasteiger partial charge < -0.3 is 10.6 Å². The fourth-order valence-electron chi connectivity index (χ4n) is 2.94. The molecule has 7 nitrogen and oxygen atoms in total. The fourth-order valence-corrected chi connectivity index (χ4v) is 2.94. The van der Waals surface area contributed by atoms with Gasteiger partial charge in [0, 0.05) is 23.6 Å². The maximum Gasteiger partial charge on any atom is 0.229 e. The minimum atomic E-state index is 0.316. The molecule has 7 heteroatoms. The molecule has 0 radical (unpaired) electrons. The van der Waals surface area contributed by atoms with Crippen LogP contribution in [0.2, 0.25) is 0 Å². The van der Waals surface area contributed by atoms with Gasteiger partial charge in [-0.3, -0.25) is 4.79 Å². The van der Waals surface area contributed by atoms with E-state index in [9.17, 15) is 4.79 Å². The van der Waals surface area contributed by atoms with Crippen molar-refractivity contribution in [3.63, 3.8) is 0 Å². The van der Waals surface area contributed by atoms with Crippen molar-refractivity contribution < 1.29 is 4.79 Å². The number of anilines is 4. The summed E-state index contributed by atoms with van der Waals surface area (Å²) in [6.45, 7) is 3.88. The largest absolute Gasteiger partial charge is 0.339 e. The Morgan fingerprint density at radius 1 is 1.03 bits per heavy atom. The first-order chi connectivity index (χ1) is 14.5. The maximum absolute atomic E-state index is 11.5. The summed E-state index contributed by atoms with van der Waals surface area (Å²) in [5.74, 6) is 0.694. The molecule has 0 spiro atoms. The number of allylic oxidation sites excluding steroid dienone is 1. The molecular formula is C23H18N6O. The molecule has 146 valence electrons. The van der Waals surface area contributed by atoms with Crippen LogP contribution in [0.15, 0.2) is 48.7 Å². The van der Waals surface area contributed by atoms with Crippen molar-refractivity contribution >= 4 is 35.5 Å². The SMILES string of the molecule is Cc1cc(/C=C/C#N)cc(C)c1Nc1nc(Nc2ccc(C#N)cc2)ncc1C=O. The topological polar surface area (TPSA) is 114 Å². The summed E-state index contributed by atoms with van der Waals surface area (Å²) in [4.78, 5) is 20.1. The summed E-state index contributed by atoms with van der Waals surface area (Å²) in [7, 11) is 0. The molecule has 0 unspecified atom stereocenters. The molecule has 1 heterocycles. The van der Waals surface area contributed by atoms with Crippen molar-refractivity contribution in [3.8, 4) is 12.1 Å². The number of nitrogens with one attached hydrogen (secondary N) is 2. The first-order valence-corrected chi connectivity index (χ1v) is 9.08. The summed E-state index contributed by atoms with van der Waals surface area (Å²) >= 11 is 0. The molecule has 30 heavy (non-hydrogen) atoms. The molecule has 0 atom stereocenters. The second kappa shape index (κ2) is 9.13. The molecule has 0 bridgehead atoms. The predicted molar refractivity (Wildman–Crippen MR) is 116 cm³/mol. The highest BCUT2D eigenvalue weighted by atomic mass is 16.1. The highest BCUT2D eigenvalue weighted by Crippen LogP contribution is 2.28. The van der Waals surface area contributed by atoms with Gasteiger partial charge in [0.15, 0.2) is 6.29 Å². The Balaban J connectivity index is 1.91. The van der Waals surface area contributed by atoms with E-state index in [-0.39, 0.29) is 0 Å². The lowest BCUT2D eigenvalue weighted by atomic mass is 10.0. The third-order valence-corrected chi connectivity index (χ3v) is 4.36. The van der Waals surface area contributed by atoms with Crippen LogP contribution >= 0.6 is 0 Å². The Bertz CT molecular complexity index is 1180. The van der Waals surface area contributed by atoms with Gasteiger partial charge >= 0.3 is 0 Å². The first kappa shape index (κ1) is 20.2. The van der Waals surface area contributed by atoms with E-state index in [2.05, 4.69) is 26.7 Å². The lowest BCUT2D eigenvalue weighted by Crippen LogP contribution is -2.06. The quantitative estimate of drug-likeness (QED) is 0.456. The van der Waals surface area contributed by atoms with Crippen LogP contribution in [0.1, 0.15) is 32.6 Å². The van der Waals surface area contributed by atoms with E-state index in [1.54, 1.807) is 30.3 Å². The Labute approximate surface area is 174 Å². The molecule has 0 fully saturated rings. The number of rotatable bonds is 6. The summed E-state index contributed by atoms with van der Waals surface area (Å²) in [5.41, 5.74) is 5.25. The van der Waals surface area contributed by atoms with Crippen molar-refractivity contribution in [2.75, 3.05) is 10.6 Å². The number of aldehydes is 1. The summed E-state index contributed by atoms with van der Waals surface area (Å²) in [6, 6.07) is 14.8.